The summed E-state index contributed by atoms with van der Waals surface area (Å²) in [6, 6.07) is 3.65. The van der Waals surface area contributed by atoms with E-state index in [1.807, 2.05) is 44.6 Å². The molecule has 2 rings (SSSR count). The number of benzene rings is 1. The first-order chi connectivity index (χ1) is 14.6. The summed E-state index contributed by atoms with van der Waals surface area (Å²) in [7, 11) is 0. The minimum absolute atomic E-state index is 0.0856. The Morgan fingerprint density at radius 3 is 2.65 bits per heavy atom. The second-order valence-corrected chi connectivity index (χ2v) is 9.13. The zero-order valence-corrected chi connectivity index (χ0v) is 19.5. The first-order valence-corrected chi connectivity index (χ1v) is 11.2. The van der Waals surface area contributed by atoms with Crippen molar-refractivity contribution in [2.75, 3.05) is 13.2 Å². The number of aromatic nitrogens is 2. The molecular formula is C24H37N3O4. The molecule has 172 valence electrons. The Kier molecular flexibility index (Phi) is 9.04. The van der Waals surface area contributed by atoms with E-state index >= 15 is 0 Å². The highest BCUT2D eigenvalue weighted by molar-refractivity contribution is 6.00. The molecule has 0 fully saturated rings. The average molecular weight is 432 g/mol. The van der Waals surface area contributed by atoms with Crippen molar-refractivity contribution in [2.24, 2.45) is 5.92 Å². The maximum atomic E-state index is 12.3. The lowest BCUT2D eigenvalue weighted by molar-refractivity contribution is -0.155. The summed E-state index contributed by atoms with van der Waals surface area (Å²) < 4.78 is 7.36. The Balaban J connectivity index is 2.04. The number of hydrogen-bond acceptors (Lipinski definition) is 5. The van der Waals surface area contributed by atoms with Crippen LogP contribution >= 0.6 is 0 Å². The number of esters is 1. The number of aliphatic hydroxyl groups is 1. The van der Waals surface area contributed by atoms with Gasteiger partial charge in [-0.3, -0.25) is 14.3 Å². The highest BCUT2D eigenvalue weighted by Gasteiger charge is 2.18. The van der Waals surface area contributed by atoms with Crippen molar-refractivity contribution in [3.8, 4) is 0 Å². The summed E-state index contributed by atoms with van der Waals surface area (Å²) in [5, 5.41) is 17.3. The molecule has 0 aliphatic rings. The van der Waals surface area contributed by atoms with Crippen molar-refractivity contribution in [1.82, 2.24) is 15.1 Å². The van der Waals surface area contributed by atoms with Gasteiger partial charge in [0.15, 0.2) is 0 Å². The lowest BCUT2D eigenvalue weighted by Gasteiger charge is -2.20. The van der Waals surface area contributed by atoms with Gasteiger partial charge in [-0.05, 0) is 70.6 Å². The van der Waals surface area contributed by atoms with Crippen molar-refractivity contribution in [3.05, 3.63) is 29.5 Å². The lowest BCUT2D eigenvalue weighted by atomic mass is 9.97. The van der Waals surface area contributed by atoms with Crippen LogP contribution in [0.3, 0.4) is 0 Å². The minimum Gasteiger partial charge on any atom is -0.460 e. The quantitative estimate of drug-likeness (QED) is 0.525. The Labute approximate surface area is 185 Å². The molecule has 1 aromatic heterocycles. The molecule has 1 heterocycles. The molecular weight excluding hydrogens is 394 g/mol. The van der Waals surface area contributed by atoms with Gasteiger partial charge in [0.1, 0.15) is 5.60 Å². The van der Waals surface area contributed by atoms with Crippen molar-refractivity contribution in [3.63, 3.8) is 0 Å². The second-order valence-electron chi connectivity index (χ2n) is 9.13. The van der Waals surface area contributed by atoms with Gasteiger partial charge in [-0.25, -0.2) is 0 Å². The molecule has 7 nitrogen and oxygen atoms in total. The van der Waals surface area contributed by atoms with Gasteiger partial charge in [-0.2, -0.15) is 5.10 Å². The number of carbonyl (C=O) groups is 2. The van der Waals surface area contributed by atoms with E-state index in [1.54, 1.807) is 6.07 Å². The van der Waals surface area contributed by atoms with E-state index in [2.05, 4.69) is 12.2 Å². The topological polar surface area (TPSA) is 93.5 Å². The molecule has 0 saturated heterocycles. The van der Waals surface area contributed by atoms with Crippen LogP contribution in [0.4, 0.5) is 0 Å². The lowest BCUT2D eigenvalue weighted by Crippen LogP contribution is -2.26. The van der Waals surface area contributed by atoms with Crippen LogP contribution in [0.2, 0.25) is 0 Å². The van der Waals surface area contributed by atoms with Gasteiger partial charge in [0.25, 0.3) is 5.91 Å². The third-order valence-electron chi connectivity index (χ3n) is 5.20. The van der Waals surface area contributed by atoms with Crippen molar-refractivity contribution >= 4 is 22.8 Å². The largest absolute Gasteiger partial charge is 0.460 e. The predicted octanol–water partition coefficient (Wildman–Crippen LogP) is 4.00. The van der Waals surface area contributed by atoms with Gasteiger partial charge in [-0.1, -0.05) is 13.3 Å². The van der Waals surface area contributed by atoms with Crippen LogP contribution in [0.15, 0.2) is 18.3 Å². The smallest absolute Gasteiger partial charge is 0.306 e. The van der Waals surface area contributed by atoms with Crippen molar-refractivity contribution < 1.29 is 19.4 Å². The number of amides is 1. The first kappa shape index (κ1) is 24.9. The molecule has 1 atom stereocenters. The molecule has 1 unspecified atom stereocenters. The van der Waals surface area contributed by atoms with Gasteiger partial charge < -0.3 is 15.2 Å². The van der Waals surface area contributed by atoms with Gasteiger partial charge >= 0.3 is 5.97 Å². The fraction of sp³-hybridized carbons (Fsp3) is 0.625. The highest BCUT2D eigenvalue weighted by atomic mass is 16.6. The van der Waals surface area contributed by atoms with Gasteiger partial charge in [0, 0.05) is 36.7 Å². The van der Waals surface area contributed by atoms with E-state index < -0.39 is 5.60 Å². The van der Waals surface area contributed by atoms with E-state index in [9.17, 15) is 9.59 Å². The average Bonchev–Trinajstić information content (AvgIpc) is 3.08. The van der Waals surface area contributed by atoms with Crippen LogP contribution in [-0.4, -0.2) is 45.5 Å². The van der Waals surface area contributed by atoms with Crippen molar-refractivity contribution in [1.29, 1.82) is 0 Å². The molecule has 1 aromatic carbocycles. The SMILES string of the molecule is CCCC(CCCC(=O)OC(C)(C)C)Cn1cc2c(C)c(C(=O)NCCO)ccc2n1. The predicted molar refractivity (Wildman–Crippen MR) is 122 cm³/mol. The summed E-state index contributed by atoms with van der Waals surface area (Å²) in [6.45, 7) is 10.7. The molecule has 1 amide bonds. The number of aryl methyl sites for hydroxylation is 1. The van der Waals surface area contributed by atoms with Crippen LogP contribution in [-0.2, 0) is 16.1 Å². The number of rotatable bonds is 11. The van der Waals surface area contributed by atoms with Crippen LogP contribution < -0.4 is 5.32 Å². The zero-order chi connectivity index (χ0) is 23.0. The van der Waals surface area contributed by atoms with Gasteiger partial charge in [0.05, 0.1) is 12.1 Å². The number of ether oxygens (including phenoxy) is 1. The second kappa shape index (κ2) is 11.3. The fourth-order valence-electron chi connectivity index (χ4n) is 3.81. The van der Waals surface area contributed by atoms with Crippen LogP contribution in [0, 0.1) is 12.8 Å². The summed E-state index contributed by atoms with van der Waals surface area (Å²) in [5.41, 5.74) is 1.90. The third-order valence-corrected chi connectivity index (χ3v) is 5.20. The molecule has 2 aromatic rings. The number of nitrogens with zero attached hydrogens (tertiary/aromatic N) is 2. The minimum atomic E-state index is -0.444. The molecule has 7 heteroatoms. The Morgan fingerprint density at radius 1 is 1.26 bits per heavy atom. The molecule has 0 saturated carbocycles. The molecule has 0 bridgehead atoms. The Hall–Kier alpha value is -2.41. The fourth-order valence-corrected chi connectivity index (χ4v) is 3.81. The number of hydrogen-bond donors (Lipinski definition) is 2. The van der Waals surface area contributed by atoms with Gasteiger partial charge in [0.2, 0.25) is 0 Å². The van der Waals surface area contributed by atoms with Crippen LogP contribution in [0.5, 0.6) is 0 Å². The zero-order valence-electron chi connectivity index (χ0n) is 19.5. The standard InChI is InChI=1S/C24H37N3O4/c1-6-8-18(9-7-10-22(29)31-24(3,4)5)15-27-16-20-17(2)19(11-12-21(20)26-27)23(30)25-13-14-28/h11-12,16,18,28H,6-10,13-15H2,1-5H3,(H,25,30). The Morgan fingerprint density at radius 2 is 2.00 bits per heavy atom. The summed E-state index contributed by atoms with van der Waals surface area (Å²) in [6.07, 6.45) is 6.32. The monoisotopic (exact) mass is 431 g/mol. The number of aliphatic hydroxyl groups excluding tert-OH is 1. The molecule has 0 radical (unpaired) electrons. The normalized spacial score (nSPS) is 12.7. The molecule has 0 aliphatic carbocycles. The van der Waals surface area contributed by atoms with E-state index in [1.165, 1.54) is 0 Å². The van der Waals surface area contributed by atoms with E-state index in [0.717, 1.165) is 48.7 Å². The third kappa shape index (κ3) is 7.65. The van der Waals surface area contributed by atoms with Gasteiger partial charge in [-0.15, -0.1) is 0 Å². The molecule has 0 spiro atoms. The summed E-state index contributed by atoms with van der Waals surface area (Å²) >= 11 is 0. The van der Waals surface area contributed by atoms with Crippen LogP contribution in [0.25, 0.3) is 10.9 Å². The molecule has 31 heavy (non-hydrogen) atoms. The molecule has 2 N–H and O–H groups in total. The molecule has 0 aliphatic heterocycles. The Bertz CT molecular complexity index is 883. The highest BCUT2D eigenvalue weighted by Crippen LogP contribution is 2.23. The van der Waals surface area contributed by atoms with E-state index in [0.29, 0.717) is 17.9 Å². The number of carbonyl (C=O) groups excluding carboxylic acids is 2. The first-order valence-electron chi connectivity index (χ1n) is 11.2. The van der Waals surface area contributed by atoms with Crippen molar-refractivity contribution in [2.45, 2.75) is 78.9 Å². The maximum Gasteiger partial charge on any atom is 0.306 e. The maximum absolute atomic E-state index is 12.3. The summed E-state index contributed by atoms with van der Waals surface area (Å²) in [4.78, 5) is 24.3. The number of nitrogens with one attached hydrogen (secondary N) is 1. The van der Waals surface area contributed by atoms with E-state index in [4.69, 9.17) is 14.9 Å². The summed E-state index contributed by atoms with van der Waals surface area (Å²) in [5.74, 6) is 0.0942. The van der Waals surface area contributed by atoms with E-state index in [-0.39, 0.29) is 25.0 Å². The number of fused-ring (bicyclic) bond motifs is 1. The van der Waals surface area contributed by atoms with Crippen LogP contribution in [0.1, 0.15) is 75.7 Å².